The molecule has 1 aromatic heterocycles. The molecule has 162 valence electrons. The molecule has 0 atom stereocenters. The molecular formula is C26H23NO4S. The summed E-state index contributed by atoms with van der Waals surface area (Å²) in [5.74, 6) is 0.777. The summed E-state index contributed by atoms with van der Waals surface area (Å²) in [4.78, 5) is 17.3. The Bertz CT molecular complexity index is 1190. The van der Waals surface area contributed by atoms with Crippen LogP contribution >= 0.6 is 11.3 Å². The minimum atomic E-state index is -0.458. The number of hydrogen-bond acceptors (Lipinski definition) is 6. The molecule has 0 aliphatic rings. The van der Waals surface area contributed by atoms with Gasteiger partial charge < -0.3 is 14.2 Å². The maximum atomic E-state index is 12.2. The first-order valence-corrected chi connectivity index (χ1v) is 11.0. The van der Waals surface area contributed by atoms with E-state index in [2.05, 4.69) is 4.98 Å². The van der Waals surface area contributed by atoms with Gasteiger partial charge in [0.15, 0.2) is 17.2 Å². The molecule has 0 unspecified atom stereocenters. The zero-order chi connectivity index (χ0) is 22.3. The van der Waals surface area contributed by atoms with Crippen molar-refractivity contribution in [3.05, 3.63) is 101 Å². The van der Waals surface area contributed by atoms with Crippen LogP contribution in [0.1, 0.15) is 26.6 Å². The van der Waals surface area contributed by atoms with Crippen LogP contribution in [0.15, 0.2) is 78.9 Å². The van der Waals surface area contributed by atoms with Gasteiger partial charge in [-0.1, -0.05) is 60.7 Å². The molecule has 0 saturated carbocycles. The second kappa shape index (κ2) is 10.1. The van der Waals surface area contributed by atoms with Gasteiger partial charge in [-0.15, -0.1) is 11.3 Å². The fourth-order valence-corrected chi connectivity index (χ4v) is 4.11. The SMILES string of the molecule is COC(=O)c1nc(C)sc1-c1ccc(OCc2ccccc2)c(OCc2ccccc2)c1. The van der Waals surface area contributed by atoms with Gasteiger partial charge in [-0.25, -0.2) is 9.78 Å². The van der Waals surface area contributed by atoms with Crippen molar-refractivity contribution in [1.82, 2.24) is 4.98 Å². The number of esters is 1. The van der Waals surface area contributed by atoms with Gasteiger partial charge in [-0.2, -0.15) is 0 Å². The Morgan fingerprint density at radius 3 is 2.03 bits per heavy atom. The van der Waals surface area contributed by atoms with E-state index < -0.39 is 5.97 Å². The minimum Gasteiger partial charge on any atom is -0.485 e. The standard InChI is InChI=1S/C26H23NO4S/c1-18-27-24(26(28)29-2)25(32-18)21-13-14-22(30-16-19-9-5-3-6-10-19)23(15-21)31-17-20-11-7-4-8-12-20/h3-15H,16-17H2,1-2H3. The molecule has 32 heavy (non-hydrogen) atoms. The molecule has 4 rings (SSSR count). The second-order valence-corrected chi connectivity index (χ2v) is 8.32. The second-order valence-electron chi connectivity index (χ2n) is 7.11. The lowest BCUT2D eigenvalue weighted by atomic mass is 10.1. The van der Waals surface area contributed by atoms with Crippen LogP contribution in [0.4, 0.5) is 0 Å². The van der Waals surface area contributed by atoms with Crippen molar-refractivity contribution >= 4 is 17.3 Å². The lowest BCUT2D eigenvalue weighted by molar-refractivity contribution is 0.0595. The van der Waals surface area contributed by atoms with Gasteiger partial charge >= 0.3 is 5.97 Å². The van der Waals surface area contributed by atoms with E-state index in [1.165, 1.54) is 18.4 Å². The van der Waals surface area contributed by atoms with E-state index in [0.29, 0.717) is 30.4 Å². The summed E-state index contributed by atoms with van der Waals surface area (Å²) in [5.41, 5.74) is 3.25. The molecule has 6 heteroatoms. The number of nitrogens with zero attached hydrogens (tertiary/aromatic N) is 1. The van der Waals surface area contributed by atoms with Crippen molar-refractivity contribution < 1.29 is 19.0 Å². The summed E-state index contributed by atoms with van der Waals surface area (Å²) in [7, 11) is 1.36. The number of carbonyl (C=O) groups is 1. The maximum Gasteiger partial charge on any atom is 0.358 e. The Kier molecular flexibility index (Phi) is 6.82. The quantitative estimate of drug-likeness (QED) is 0.308. The maximum absolute atomic E-state index is 12.2. The van der Waals surface area contributed by atoms with Crippen molar-refractivity contribution in [3.8, 4) is 21.9 Å². The molecule has 1 heterocycles. The fourth-order valence-electron chi connectivity index (χ4n) is 3.21. The molecule has 0 saturated heterocycles. The molecule has 0 aliphatic heterocycles. The highest BCUT2D eigenvalue weighted by Gasteiger charge is 2.20. The van der Waals surface area contributed by atoms with E-state index in [4.69, 9.17) is 14.2 Å². The largest absolute Gasteiger partial charge is 0.485 e. The van der Waals surface area contributed by atoms with Gasteiger partial charge in [0.05, 0.1) is 17.0 Å². The predicted octanol–water partition coefficient (Wildman–Crippen LogP) is 6.06. The van der Waals surface area contributed by atoms with Crippen LogP contribution in [0.2, 0.25) is 0 Å². The molecule has 0 bridgehead atoms. The van der Waals surface area contributed by atoms with Crippen LogP contribution in [0.5, 0.6) is 11.5 Å². The Labute approximate surface area is 191 Å². The van der Waals surface area contributed by atoms with Gasteiger partial charge in [0.25, 0.3) is 0 Å². The molecule has 3 aromatic carbocycles. The Morgan fingerprint density at radius 2 is 1.44 bits per heavy atom. The number of rotatable bonds is 8. The van der Waals surface area contributed by atoms with Gasteiger partial charge in [0, 0.05) is 0 Å². The topological polar surface area (TPSA) is 57.7 Å². The van der Waals surface area contributed by atoms with Gasteiger partial charge in [-0.05, 0) is 41.8 Å². The summed E-state index contributed by atoms with van der Waals surface area (Å²) in [6.45, 7) is 2.69. The molecule has 0 aliphatic carbocycles. The number of aromatic nitrogens is 1. The fraction of sp³-hybridized carbons (Fsp3) is 0.154. The first-order valence-electron chi connectivity index (χ1n) is 10.2. The van der Waals surface area contributed by atoms with Gasteiger partial charge in [0.2, 0.25) is 0 Å². The number of aryl methyl sites for hydroxylation is 1. The van der Waals surface area contributed by atoms with E-state index in [-0.39, 0.29) is 0 Å². The van der Waals surface area contributed by atoms with E-state index in [9.17, 15) is 4.79 Å². The highest BCUT2D eigenvalue weighted by Crippen LogP contribution is 2.37. The third kappa shape index (κ3) is 5.15. The zero-order valence-electron chi connectivity index (χ0n) is 17.9. The van der Waals surface area contributed by atoms with Crippen molar-refractivity contribution in [3.63, 3.8) is 0 Å². The third-order valence-corrected chi connectivity index (χ3v) is 5.81. The molecule has 0 spiro atoms. The number of ether oxygens (including phenoxy) is 3. The Balaban J connectivity index is 1.65. The van der Waals surface area contributed by atoms with Crippen LogP contribution in [0, 0.1) is 6.92 Å². The third-order valence-electron chi connectivity index (χ3n) is 4.79. The average molecular weight is 446 g/mol. The highest BCUT2D eigenvalue weighted by molar-refractivity contribution is 7.15. The predicted molar refractivity (Wildman–Crippen MR) is 125 cm³/mol. The molecule has 0 amide bonds. The molecule has 0 radical (unpaired) electrons. The van der Waals surface area contributed by atoms with Crippen molar-refractivity contribution in [2.75, 3.05) is 7.11 Å². The molecule has 0 fully saturated rings. The van der Waals surface area contributed by atoms with Crippen LogP contribution in [-0.2, 0) is 18.0 Å². The number of methoxy groups -OCH3 is 1. The highest BCUT2D eigenvalue weighted by atomic mass is 32.1. The molecule has 0 N–H and O–H groups in total. The monoisotopic (exact) mass is 445 g/mol. The minimum absolute atomic E-state index is 0.307. The summed E-state index contributed by atoms with van der Waals surface area (Å²) in [6, 6.07) is 25.6. The average Bonchev–Trinajstić information content (AvgIpc) is 3.24. The summed E-state index contributed by atoms with van der Waals surface area (Å²) < 4.78 is 17.1. The van der Waals surface area contributed by atoms with E-state index in [1.807, 2.05) is 85.8 Å². The number of thiazole rings is 1. The zero-order valence-corrected chi connectivity index (χ0v) is 18.7. The lowest BCUT2D eigenvalue weighted by Crippen LogP contribution is -2.04. The molecular weight excluding hydrogens is 422 g/mol. The van der Waals surface area contributed by atoms with Crippen LogP contribution < -0.4 is 9.47 Å². The molecule has 4 aromatic rings. The first-order chi connectivity index (χ1) is 15.6. The summed E-state index contributed by atoms with van der Waals surface area (Å²) in [5, 5.41) is 0.788. The Morgan fingerprint density at radius 1 is 0.844 bits per heavy atom. The van der Waals surface area contributed by atoms with Crippen molar-refractivity contribution in [2.45, 2.75) is 20.1 Å². The van der Waals surface area contributed by atoms with E-state index in [0.717, 1.165) is 26.6 Å². The van der Waals surface area contributed by atoms with Crippen LogP contribution in [0.3, 0.4) is 0 Å². The van der Waals surface area contributed by atoms with E-state index in [1.54, 1.807) is 0 Å². The smallest absolute Gasteiger partial charge is 0.358 e. The first kappa shape index (κ1) is 21.6. The van der Waals surface area contributed by atoms with Crippen molar-refractivity contribution in [1.29, 1.82) is 0 Å². The number of hydrogen-bond donors (Lipinski definition) is 0. The van der Waals surface area contributed by atoms with Crippen molar-refractivity contribution in [2.24, 2.45) is 0 Å². The molecule has 5 nitrogen and oxygen atoms in total. The summed E-state index contributed by atoms with van der Waals surface area (Å²) in [6.07, 6.45) is 0. The number of benzene rings is 3. The van der Waals surface area contributed by atoms with Crippen LogP contribution in [-0.4, -0.2) is 18.1 Å². The summed E-state index contributed by atoms with van der Waals surface area (Å²) >= 11 is 1.44. The number of carbonyl (C=O) groups excluding carboxylic acids is 1. The van der Waals surface area contributed by atoms with Gasteiger partial charge in [-0.3, -0.25) is 0 Å². The lowest BCUT2D eigenvalue weighted by Gasteiger charge is -2.14. The normalized spacial score (nSPS) is 10.6. The van der Waals surface area contributed by atoms with Crippen LogP contribution in [0.25, 0.3) is 10.4 Å². The van der Waals surface area contributed by atoms with Gasteiger partial charge in [0.1, 0.15) is 13.2 Å². The Hall–Kier alpha value is -3.64. The van der Waals surface area contributed by atoms with E-state index >= 15 is 0 Å².